The van der Waals surface area contributed by atoms with Gasteiger partial charge in [0.05, 0.1) is 41.9 Å². The number of rotatable bonds is 9. The van der Waals surface area contributed by atoms with E-state index in [-0.39, 0.29) is 73.2 Å². The van der Waals surface area contributed by atoms with Crippen LogP contribution in [-0.2, 0) is 17.8 Å². The van der Waals surface area contributed by atoms with Crippen LogP contribution in [0.1, 0.15) is 55.8 Å². The average molecular weight is 651 g/mol. The number of nitrogens with one attached hydrogen (secondary N) is 2. The molecule has 0 radical (unpaired) electrons. The van der Waals surface area contributed by atoms with Crippen LogP contribution in [0.25, 0.3) is 11.1 Å². The molecule has 3 aliphatic rings. The summed E-state index contributed by atoms with van der Waals surface area (Å²) < 4.78 is 61.6. The molecule has 1 saturated heterocycles. The number of benzene rings is 1. The Bertz CT molecular complexity index is 1720. The molecule has 2 aliphatic heterocycles. The highest BCUT2D eigenvalue weighted by Gasteiger charge is 2.49. The van der Waals surface area contributed by atoms with Gasteiger partial charge in [0.2, 0.25) is 0 Å². The molecular formula is C33H34F4N8O2. The molecule has 3 aromatic rings. The molecule has 1 aromatic carbocycles. The number of piperidine rings is 1. The fourth-order valence-electron chi connectivity index (χ4n) is 6.44. The number of pyridine rings is 1. The van der Waals surface area contributed by atoms with Crippen molar-refractivity contribution in [2.24, 2.45) is 5.92 Å². The molecule has 0 bridgehead atoms. The van der Waals surface area contributed by atoms with Crippen molar-refractivity contribution in [2.45, 2.75) is 70.3 Å². The van der Waals surface area contributed by atoms with Gasteiger partial charge in [0, 0.05) is 49.3 Å². The summed E-state index contributed by atoms with van der Waals surface area (Å²) in [5.41, 5.74) is 2.41. The van der Waals surface area contributed by atoms with E-state index in [9.17, 15) is 23.2 Å². The van der Waals surface area contributed by atoms with Gasteiger partial charge < -0.3 is 15.5 Å². The highest BCUT2D eigenvalue weighted by atomic mass is 19.3. The maximum atomic E-state index is 15.5. The number of hydrogen-bond acceptors (Lipinski definition) is 9. The lowest BCUT2D eigenvalue weighted by Gasteiger charge is -2.46. The minimum absolute atomic E-state index is 0.0146. The first-order valence-corrected chi connectivity index (χ1v) is 15.5. The molecule has 2 fully saturated rings. The van der Waals surface area contributed by atoms with Gasteiger partial charge in [-0.25, -0.2) is 32.5 Å². The van der Waals surface area contributed by atoms with Crippen molar-refractivity contribution in [2.75, 3.05) is 29.9 Å². The lowest BCUT2D eigenvalue weighted by molar-refractivity contribution is -0.131. The highest BCUT2D eigenvalue weighted by molar-refractivity contribution is 6.00. The number of aromatic nitrogens is 3. The van der Waals surface area contributed by atoms with E-state index in [1.165, 1.54) is 4.90 Å². The molecule has 6 rings (SSSR count). The summed E-state index contributed by atoms with van der Waals surface area (Å²) in [5, 5.41) is 21.9. The number of amides is 1. The van der Waals surface area contributed by atoms with Crippen LogP contribution in [0, 0.1) is 28.5 Å². The Morgan fingerprint density at radius 3 is 2.64 bits per heavy atom. The Morgan fingerprint density at radius 1 is 1.26 bits per heavy atom. The molecule has 10 nitrogen and oxygen atoms in total. The monoisotopic (exact) mass is 650 g/mol. The molecule has 2 atom stereocenters. The molecular weight excluding hydrogens is 616 g/mol. The van der Waals surface area contributed by atoms with E-state index in [2.05, 4.69) is 21.4 Å². The molecule has 1 amide bonds. The van der Waals surface area contributed by atoms with Crippen LogP contribution in [-0.4, -0.2) is 75.8 Å². The number of anilines is 2. The van der Waals surface area contributed by atoms with Gasteiger partial charge in [-0.05, 0) is 36.5 Å². The van der Waals surface area contributed by atoms with E-state index in [0.717, 1.165) is 18.6 Å². The van der Waals surface area contributed by atoms with Crippen LogP contribution in [0.4, 0.5) is 29.1 Å². The first-order chi connectivity index (χ1) is 22.5. The molecule has 4 heterocycles. The zero-order valence-corrected chi connectivity index (χ0v) is 25.9. The number of ether oxygens (including phenoxy) is 1. The Balaban J connectivity index is 1.34. The van der Waals surface area contributed by atoms with Gasteiger partial charge in [0.15, 0.2) is 12.4 Å². The van der Waals surface area contributed by atoms with Crippen molar-refractivity contribution in [3.05, 3.63) is 59.1 Å². The average Bonchev–Trinajstić information content (AvgIpc) is 3.02. The Morgan fingerprint density at radius 2 is 2.00 bits per heavy atom. The Labute approximate surface area is 269 Å². The third-order valence-corrected chi connectivity index (χ3v) is 8.81. The zero-order chi connectivity index (χ0) is 33.5. The van der Waals surface area contributed by atoms with Gasteiger partial charge in [-0.3, -0.25) is 14.6 Å². The van der Waals surface area contributed by atoms with Gasteiger partial charge in [-0.15, -0.1) is 0 Å². The first kappa shape index (κ1) is 32.3. The van der Waals surface area contributed by atoms with Crippen molar-refractivity contribution in [3.8, 4) is 22.9 Å². The van der Waals surface area contributed by atoms with Gasteiger partial charge in [0.25, 0.3) is 11.8 Å². The van der Waals surface area contributed by atoms with Crippen molar-refractivity contribution >= 4 is 23.6 Å². The van der Waals surface area contributed by atoms with E-state index in [4.69, 9.17) is 15.1 Å². The molecule has 1 aliphatic carbocycles. The second-order valence-corrected chi connectivity index (χ2v) is 12.7. The molecule has 47 heavy (non-hydrogen) atoms. The van der Waals surface area contributed by atoms with Crippen LogP contribution in [0.2, 0.25) is 0 Å². The van der Waals surface area contributed by atoms with E-state index < -0.39 is 24.0 Å². The minimum atomic E-state index is -2.69. The smallest absolute Gasteiger partial charge is 0.265 e. The highest BCUT2D eigenvalue weighted by Crippen LogP contribution is 2.43. The van der Waals surface area contributed by atoms with Gasteiger partial charge in [-0.2, -0.15) is 5.26 Å². The van der Waals surface area contributed by atoms with Crippen molar-refractivity contribution in [1.82, 2.24) is 19.9 Å². The summed E-state index contributed by atoms with van der Waals surface area (Å²) in [6.45, 7) is 4.15. The predicted molar refractivity (Wildman–Crippen MR) is 166 cm³/mol. The summed E-state index contributed by atoms with van der Waals surface area (Å²) in [4.78, 5) is 28.7. The van der Waals surface area contributed by atoms with Crippen LogP contribution in [0.5, 0.6) is 5.75 Å². The Kier molecular flexibility index (Phi) is 8.84. The van der Waals surface area contributed by atoms with Gasteiger partial charge >= 0.3 is 0 Å². The topological polar surface area (TPSA) is 131 Å². The fraction of sp³-hybridized carbons (Fsp3) is 0.455. The number of carbonyl (C=O) groups is 1. The van der Waals surface area contributed by atoms with Crippen molar-refractivity contribution < 1.29 is 27.1 Å². The molecule has 0 unspecified atom stereocenters. The zero-order valence-electron chi connectivity index (χ0n) is 25.9. The number of likely N-dealkylation sites (tertiary alicyclic amines) is 1. The van der Waals surface area contributed by atoms with Crippen LogP contribution in [0.3, 0.4) is 0 Å². The number of nitriles is 1. The van der Waals surface area contributed by atoms with Crippen molar-refractivity contribution in [1.29, 1.82) is 10.7 Å². The molecule has 2 aromatic heterocycles. The van der Waals surface area contributed by atoms with Crippen LogP contribution in [0.15, 0.2) is 30.6 Å². The SMILES string of the molecule is CC(C)Cc1nc(N[C@H]2CCN(C3CC(F)(F)C3)C[C@@H]2F)c(C=N)c(-c2ccc3c(c2)OCC(=O)N3Cc2ncc(F)cn2)c1C#N. The Hall–Kier alpha value is -4.64. The third kappa shape index (κ3) is 6.62. The molecule has 1 saturated carbocycles. The van der Waals surface area contributed by atoms with E-state index in [0.29, 0.717) is 47.6 Å². The number of halogens is 4. The standard InChI is InChI=1S/C33H34F4N8O2/c1-18(2)7-26-22(11-38)31(19-3-4-27-28(8-19)47-17-30(46)45(27)16-29-40-13-20(34)14-41-29)23(12-39)32(43-26)42-25-5-6-44(15-24(25)35)21-9-33(36,37)10-21/h3-4,8,12-14,18,21,24-25,39H,5-7,9-10,15-17H2,1-2H3,(H,42,43)/t24-,25-/m0/s1. The lowest BCUT2D eigenvalue weighted by Crippen LogP contribution is -2.57. The minimum Gasteiger partial charge on any atom is -0.482 e. The predicted octanol–water partition coefficient (Wildman–Crippen LogP) is 5.29. The lowest BCUT2D eigenvalue weighted by atomic mass is 9.85. The van der Waals surface area contributed by atoms with E-state index >= 15 is 4.39 Å². The summed E-state index contributed by atoms with van der Waals surface area (Å²) in [5.74, 6) is -2.67. The summed E-state index contributed by atoms with van der Waals surface area (Å²) in [7, 11) is 0. The third-order valence-electron chi connectivity index (χ3n) is 8.81. The first-order valence-electron chi connectivity index (χ1n) is 15.5. The summed E-state index contributed by atoms with van der Waals surface area (Å²) in [6.07, 6.45) is 2.03. The quantitative estimate of drug-likeness (QED) is 0.236. The van der Waals surface area contributed by atoms with Crippen LogP contribution >= 0.6 is 0 Å². The van der Waals surface area contributed by atoms with Gasteiger partial charge in [-0.1, -0.05) is 19.9 Å². The number of carbonyl (C=O) groups excluding carboxylic acids is 1. The largest absolute Gasteiger partial charge is 0.482 e. The number of nitrogens with zero attached hydrogens (tertiary/aromatic N) is 6. The maximum Gasteiger partial charge on any atom is 0.265 e. The molecule has 0 spiro atoms. The van der Waals surface area contributed by atoms with E-state index in [1.54, 1.807) is 23.1 Å². The maximum absolute atomic E-state index is 15.5. The van der Waals surface area contributed by atoms with Crippen LogP contribution < -0.4 is 15.0 Å². The van der Waals surface area contributed by atoms with E-state index in [1.807, 2.05) is 13.8 Å². The number of fused-ring (bicyclic) bond motifs is 1. The second-order valence-electron chi connectivity index (χ2n) is 12.7. The summed E-state index contributed by atoms with van der Waals surface area (Å²) in [6, 6.07) is 6.30. The fourth-order valence-corrected chi connectivity index (χ4v) is 6.44. The molecule has 2 N–H and O–H groups in total. The summed E-state index contributed by atoms with van der Waals surface area (Å²) >= 11 is 0. The normalized spacial score (nSPS) is 21.1. The number of hydrogen-bond donors (Lipinski definition) is 2. The molecule has 246 valence electrons. The molecule has 14 heteroatoms. The van der Waals surface area contributed by atoms with Crippen molar-refractivity contribution in [3.63, 3.8) is 0 Å². The number of alkyl halides is 3. The second kappa shape index (κ2) is 12.9. The van der Waals surface area contributed by atoms with Gasteiger partial charge in [0.1, 0.15) is 29.6 Å².